The molecule has 6 nitrogen and oxygen atoms in total. The van der Waals surface area contributed by atoms with Crippen molar-refractivity contribution in [3.05, 3.63) is 11.7 Å². The Balaban J connectivity index is 2.09. The summed E-state index contributed by atoms with van der Waals surface area (Å²) in [6.07, 6.45) is 2.00. The fourth-order valence-electron chi connectivity index (χ4n) is 2.02. The van der Waals surface area contributed by atoms with Crippen LogP contribution in [0.4, 0.5) is 0 Å². The van der Waals surface area contributed by atoms with Crippen molar-refractivity contribution in [2.45, 2.75) is 38.1 Å². The number of rotatable bonds is 3. The van der Waals surface area contributed by atoms with Crippen LogP contribution in [0.15, 0.2) is 4.52 Å². The van der Waals surface area contributed by atoms with Crippen LogP contribution in [-0.4, -0.2) is 36.1 Å². The van der Waals surface area contributed by atoms with Crippen molar-refractivity contribution in [3.8, 4) is 0 Å². The van der Waals surface area contributed by atoms with Crippen molar-refractivity contribution in [1.82, 2.24) is 10.1 Å². The molecule has 0 aromatic carbocycles. The number of hydrogen-bond donors (Lipinski definition) is 1. The summed E-state index contributed by atoms with van der Waals surface area (Å²) in [4.78, 5) is 4.22. The van der Waals surface area contributed by atoms with E-state index in [-0.39, 0.29) is 23.5 Å². The van der Waals surface area contributed by atoms with Crippen molar-refractivity contribution in [1.29, 1.82) is 0 Å². The first kappa shape index (κ1) is 12.5. The minimum absolute atomic E-state index is 0.0319. The van der Waals surface area contributed by atoms with E-state index in [9.17, 15) is 8.42 Å². The molecule has 0 amide bonds. The second kappa shape index (κ2) is 4.73. The Morgan fingerprint density at radius 3 is 3.00 bits per heavy atom. The van der Waals surface area contributed by atoms with Gasteiger partial charge in [-0.3, -0.25) is 0 Å². The smallest absolute Gasteiger partial charge is 0.230 e. The zero-order valence-electron chi connectivity index (χ0n) is 9.80. The van der Waals surface area contributed by atoms with E-state index >= 15 is 0 Å². The molecule has 2 unspecified atom stereocenters. The molecule has 1 aromatic heterocycles. The summed E-state index contributed by atoms with van der Waals surface area (Å²) in [6, 6.07) is -0.0319. The van der Waals surface area contributed by atoms with Crippen LogP contribution in [0.2, 0.25) is 0 Å². The van der Waals surface area contributed by atoms with E-state index in [1.165, 1.54) is 0 Å². The Kier molecular flexibility index (Phi) is 3.48. The van der Waals surface area contributed by atoms with Crippen LogP contribution in [0.5, 0.6) is 0 Å². The fourth-order valence-corrected chi connectivity index (χ4v) is 3.72. The minimum Gasteiger partial charge on any atom is -0.339 e. The van der Waals surface area contributed by atoms with Crippen LogP contribution in [0.3, 0.4) is 0 Å². The lowest BCUT2D eigenvalue weighted by Gasteiger charge is -2.17. The number of nitrogens with two attached hydrogens (primary N) is 1. The zero-order chi connectivity index (χ0) is 12.5. The van der Waals surface area contributed by atoms with Gasteiger partial charge in [-0.25, -0.2) is 8.42 Å². The van der Waals surface area contributed by atoms with Gasteiger partial charge in [-0.1, -0.05) is 5.16 Å². The summed E-state index contributed by atoms with van der Waals surface area (Å²) in [5.74, 6) is 1.22. The van der Waals surface area contributed by atoms with Gasteiger partial charge in [0, 0.05) is 12.5 Å². The molecule has 1 aliphatic heterocycles. The molecule has 0 bridgehead atoms. The van der Waals surface area contributed by atoms with E-state index in [0.717, 1.165) is 6.42 Å². The topological polar surface area (TPSA) is 99.1 Å². The van der Waals surface area contributed by atoms with E-state index in [2.05, 4.69) is 10.1 Å². The van der Waals surface area contributed by atoms with Crippen molar-refractivity contribution in [2.75, 3.05) is 11.5 Å². The lowest BCUT2D eigenvalue weighted by Crippen LogP contribution is -2.24. The molecule has 1 aliphatic rings. The quantitative estimate of drug-likeness (QED) is 0.835. The van der Waals surface area contributed by atoms with Crippen LogP contribution in [0, 0.1) is 0 Å². The van der Waals surface area contributed by atoms with Gasteiger partial charge < -0.3 is 10.3 Å². The highest BCUT2D eigenvalue weighted by molar-refractivity contribution is 7.91. The minimum atomic E-state index is -2.95. The van der Waals surface area contributed by atoms with Gasteiger partial charge in [0.2, 0.25) is 5.89 Å². The van der Waals surface area contributed by atoms with Gasteiger partial charge in [-0.05, 0) is 19.8 Å². The molecule has 0 radical (unpaired) electrons. The maximum absolute atomic E-state index is 11.5. The third-order valence-electron chi connectivity index (χ3n) is 2.80. The fraction of sp³-hybridized carbons (Fsp3) is 0.800. The molecule has 2 atom stereocenters. The molecular formula is C10H17N3O3S. The summed E-state index contributed by atoms with van der Waals surface area (Å²) in [5, 5.41) is 3.82. The third kappa shape index (κ3) is 3.26. The Morgan fingerprint density at radius 2 is 2.35 bits per heavy atom. The van der Waals surface area contributed by atoms with Crippen molar-refractivity contribution < 1.29 is 12.9 Å². The number of sulfone groups is 1. The van der Waals surface area contributed by atoms with Crippen LogP contribution in [0.25, 0.3) is 0 Å². The number of aromatic nitrogens is 2. The molecule has 2 rings (SSSR count). The van der Waals surface area contributed by atoms with E-state index in [4.69, 9.17) is 10.3 Å². The first-order chi connectivity index (χ1) is 7.96. The van der Waals surface area contributed by atoms with Crippen LogP contribution < -0.4 is 5.73 Å². The molecule has 17 heavy (non-hydrogen) atoms. The summed E-state index contributed by atoms with van der Waals surface area (Å²) < 4.78 is 28.1. The monoisotopic (exact) mass is 259 g/mol. The highest BCUT2D eigenvalue weighted by atomic mass is 32.2. The average Bonchev–Trinajstić information content (AvgIpc) is 2.63. The lowest BCUT2D eigenvalue weighted by atomic mass is 10.1. The summed E-state index contributed by atoms with van der Waals surface area (Å²) in [6.45, 7) is 1.86. The Labute approximate surface area is 100 Å². The molecule has 1 fully saturated rings. The van der Waals surface area contributed by atoms with Gasteiger partial charge in [-0.2, -0.15) is 4.98 Å². The maximum atomic E-state index is 11.5. The van der Waals surface area contributed by atoms with Gasteiger partial charge in [0.25, 0.3) is 0 Å². The van der Waals surface area contributed by atoms with Crippen LogP contribution in [0.1, 0.15) is 37.4 Å². The standard InChI is InChI=1S/C10H17N3O3S/c1-7(11)5-9-12-10(16-13-9)8-3-2-4-17(14,15)6-8/h7-8H,2-6,11H2,1H3. The first-order valence-corrected chi connectivity index (χ1v) is 7.57. The van der Waals surface area contributed by atoms with Gasteiger partial charge in [-0.15, -0.1) is 0 Å². The average molecular weight is 259 g/mol. The van der Waals surface area contributed by atoms with Gasteiger partial charge in [0.1, 0.15) is 0 Å². The maximum Gasteiger partial charge on any atom is 0.230 e. The van der Waals surface area contributed by atoms with E-state index in [1.54, 1.807) is 0 Å². The van der Waals surface area contributed by atoms with Crippen molar-refractivity contribution in [3.63, 3.8) is 0 Å². The van der Waals surface area contributed by atoms with E-state index in [1.807, 2.05) is 6.92 Å². The molecule has 96 valence electrons. The van der Waals surface area contributed by atoms with Crippen LogP contribution in [-0.2, 0) is 16.3 Å². The molecule has 2 heterocycles. The third-order valence-corrected chi connectivity index (χ3v) is 4.62. The Morgan fingerprint density at radius 1 is 1.59 bits per heavy atom. The summed E-state index contributed by atoms with van der Waals surface area (Å²) in [5.41, 5.74) is 5.64. The van der Waals surface area contributed by atoms with Crippen LogP contribution >= 0.6 is 0 Å². The van der Waals surface area contributed by atoms with E-state index in [0.29, 0.717) is 24.6 Å². The molecule has 2 N–H and O–H groups in total. The first-order valence-electron chi connectivity index (χ1n) is 5.75. The summed E-state index contributed by atoms with van der Waals surface area (Å²) >= 11 is 0. The molecule has 0 spiro atoms. The van der Waals surface area contributed by atoms with Crippen molar-refractivity contribution >= 4 is 9.84 Å². The summed E-state index contributed by atoms with van der Waals surface area (Å²) in [7, 11) is -2.95. The Hall–Kier alpha value is -0.950. The van der Waals surface area contributed by atoms with E-state index < -0.39 is 9.84 Å². The number of nitrogens with zero attached hydrogens (tertiary/aromatic N) is 2. The second-order valence-corrected chi connectivity index (χ2v) is 6.91. The predicted molar refractivity (Wildman–Crippen MR) is 62.3 cm³/mol. The zero-order valence-corrected chi connectivity index (χ0v) is 10.6. The van der Waals surface area contributed by atoms with Gasteiger partial charge >= 0.3 is 0 Å². The molecule has 1 saturated heterocycles. The molecule has 0 saturated carbocycles. The normalized spacial score (nSPS) is 25.6. The predicted octanol–water partition coefficient (Wildman–Crippen LogP) is 0.252. The van der Waals surface area contributed by atoms with Gasteiger partial charge in [0.05, 0.1) is 17.4 Å². The lowest BCUT2D eigenvalue weighted by molar-refractivity contribution is 0.346. The molecular weight excluding hydrogens is 242 g/mol. The highest BCUT2D eigenvalue weighted by Gasteiger charge is 2.29. The SMILES string of the molecule is CC(N)Cc1noc(C2CCCS(=O)(=O)C2)n1. The number of hydrogen-bond acceptors (Lipinski definition) is 6. The molecule has 0 aliphatic carbocycles. The molecule has 1 aromatic rings. The van der Waals surface area contributed by atoms with Gasteiger partial charge in [0.15, 0.2) is 15.7 Å². The second-order valence-electron chi connectivity index (χ2n) is 4.68. The molecule has 7 heteroatoms. The largest absolute Gasteiger partial charge is 0.339 e. The Bertz CT molecular complexity index is 481. The highest BCUT2D eigenvalue weighted by Crippen LogP contribution is 2.27. The van der Waals surface area contributed by atoms with Crippen molar-refractivity contribution in [2.24, 2.45) is 5.73 Å².